The summed E-state index contributed by atoms with van der Waals surface area (Å²) in [5, 5.41) is 0.341. The summed E-state index contributed by atoms with van der Waals surface area (Å²) in [6.45, 7) is 16.1. The van der Waals surface area contributed by atoms with Crippen molar-refractivity contribution in [3.8, 4) is 0 Å². The first-order chi connectivity index (χ1) is 5.31. The van der Waals surface area contributed by atoms with E-state index in [1.165, 1.54) is 0 Å². The van der Waals surface area contributed by atoms with Crippen LogP contribution in [0.15, 0.2) is 0 Å². The Balaban J connectivity index is -0.000000605. The fourth-order valence-corrected chi connectivity index (χ4v) is 1.73. The van der Waals surface area contributed by atoms with Crippen LogP contribution in [0.1, 0.15) is 33.6 Å². The van der Waals surface area contributed by atoms with E-state index in [0.29, 0.717) is 5.04 Å². The van der Waals surface area contributed by atoms with Gasteiger partial charge in [-0.2, -0.15) is 6.42 Å². The Morgan fingerprint density at radius 2 is 1.64 bits per heavy atom. The maximum atomic E-state index is 5.93. The van der Waals surface area contributed by atoms with Gasteiger partial charge in [-0.25, -0.2) is 0 Å². The van der Waals surface area contributed by atoms with Crippen molar-refractivity contribution in [2.45, 2.75) is 51.7 Å². The van der Waals surface area contributed by atoms with Crippen molar-refractivity contribution in [1.29, 1.82) is 0 Å². The maximum absolute atomic E-state index is 5.93. The molecule has 4 heteroatoms. The molecule has 0 aliphatic rings. The Morgan fingerprint density at radius 1 is 1.21 bits per heavy atom. The van der Waals surface area contributed by atoms with Gasteiger partial charge in [-0.3, -0.25) is 0 Å². The molecule has 0 aromatic carbocycles. The summed E-state index contributed by atoms with van der Waals surface area (Å²) in [5.74, 6) is 0. The summed E-state index contributed by atoms with van der Waals surface area (Å²) in [4.78, 5) is 0. The molecule has 0 aromatic heterocycles. The quantitative estimate of drug-likeness (QED) is 0.426. The van der Waals surface area contributed by atoms with Crippen LogP contribution in [0.2, 0.25) is 18.1 Å². The fourth-order valence-electron chi connectivity index (χ4n) is 0.646. The number of hydrogen-bond acceptors (Lipinski definition) is 1. The van der Waals surface area contributed by atoms with Crippen molar-refractivity contribution < 1.29 is 23.9 Å². The monoisotopic (exact) mass is 331 g/mol. The van der Waals surface area contributed by atoms with Gasteiger partial charge in [-0.15, -0.1) is 17.0 Å². The Bertz CT molecular complexity index is 135. The third-order valence-electron chi connectivity index (χ3n) is 2.66. The van der Waals surface area contributed by atoms with Crippen LogP contribution in [0.5, 0.6) is 0 Å². The average molecular weight is 334 g/mol. The van der Waals surface area contributed by atoms with Crippen LogP contribution in [-0.2, 0) is 23.9 Å². The zero-order valence-electron chi connectivity index (χ0n) is 10.4. The maximum Gasteiger partial charge on any atom is 0.191 e. The van der Waals surface area contributed by atoms with E-state index >= 15 is 0 Å². The summed E-state index contributed by atoms with van der Waals surface area (Å²) in [6.07, 6.45) is 2.07. The van der Waals surface area contributed by atoms with Gasteiger partial charge in [-0.05, 0) is 18.1 Å². The first-order valence-corrected chi connectivity index (χ1v) is 7.65. The molecule has 0 N–H and O–H groups in total. The molecule has 0 aliphatic carbocycles. The van der Waals surface area contributed by atoms with Crippen LogP contribution in [-0.4, -0.2) is 14.9 Å². The topological polar surface area (TPSA) is 9.23 Å². The molecule has 0 spiro atoms. The largest absolute Gasteiger partial charge is 0.417 e. The van der Waals surface area contributed by atoms with Crippen molar-refractivity contribution in [3.05, 3.63) is 6.92 Å². The molecular weight excluding hydrogens is 309 g/mol. The Morgan fingerprint density at radius 3 is 1.93 bits per heavy atom. The SMILES string of the molecule is Br.[CH2-]CCCO[Si](C)(C)C(C)(C)C.[Zn]. The van der Waals surface area contributed by atoms with Gasteiger partial charge in [0.05, 0.1) is 0 Å². The summed E-state index contributed by atoms with van der Waals surface area (Å²) in [5.41, 5.74) is 0. The molecule has 0 rings (SSSR count). The van der Waals surface area contributed by atoms with Gasteiger partial charge in [0.15, 0.2) is 8.32 Å². The van der Waals surface area contributed by atoms with E-state index in [1.54, 1.807) is 0 Å². The molecule has 0 unspecified atom stereocenters. The molecule has 0 radical (unpaired) electrons. The molecule has 0 fully saturated rings. The Hall–Kier alpha value is 1.28. The molecule has 0 aromatic rings. The van der Waals surface area contributed by atoms with Gasteiger partial charge < -0.3 is 11.3 Å². The van der Waals surface area contributed by atoms with E-state index in [1.807, 2.05) is 0 Å². The predicted molar refractivity (Wildman–Crippen MR) is 68.1 cm³/mol. The molecule has 14 heavy (non-hydrogen) atoms. The number of unbranched alkanes of at least 4 members (excludes halogenated alkanes) is 1. The molecule has 0 saturated carbocycles. The van der Waals surface area contributed by atoms with Gasteiger partial charge in [0, 0.05) is 26.1 Å². The zero-order chi connectivity index (χ0) is 9.83. The fraction of sp³-hybridized carbons (Fsp3) is 0.900. The van der Waals surface area contributed by atoms with Gasteiger partial charge in [0.2, 0.25) is 0 Å². The minimum atomic E-state index is -1.47. The molecule has 0 heterocycles. The van der Waals surface area contributed by atoms with Gasteiger partial charge in [-0.1, -0.05) is 27.2 Å². The van der Waals surface area contributed by atoms with E-state index in [0.717, 1.165) is 19.4 Å². The zero-order valence-corrected chi connectivity index (χ0v) is 16.0. The average Bonchev–Trinajstić information content (AvgIpc) is 1.85. The summed E-state index contributed by atoms with van der Waals surface area (Å²) in [6, 6.07) is 0. The molecular formula is C10H24BrOSiZn-. The minimum absolute atomic E-state index is 0. The normalized spacial score (nSPS) is 11.6. The smallest absolute Gasteiger partial charge is 0.191 e. The summed E-state index contributed by atoms with van der Waals surface area (Å²) >= 11 is 0. The van der Waals surface area contributed by atoms with E-state index in [2.05, 4.69) is 40.8 Å². The second kappa shape index (κ2) is 8.43. The van der Waals surface area contributed by atoms with Crippen molar-refractivity contribution >= 4 is 25.3 Å². The van der Waals surface area contributed by atoms with Crippen molar-refractivity contribution in [2.75, 3.05) is 6.61 Å². The van der Waals surface area contributed by atoms with E-state index in [-0.39, 0.29) is 36.5 Å². The molecule has 0 saturated heterocycles. The van der Waals surface area contributed by atoms with E-state index in [9.17, 15) is 0 Å². The predicted octanol–water partition coefficient (Wildman–Crippen LogP) is 4.20. The van der Waals surface area contributed by atoms with Crippen molar-refractivity contribution in [2.24, 2.45) is 0 Å². The molecule has 84 valence electrons. The molecule has 1 nitrogen and oxygen atoms in total. The van der Waals surface area contributed by atoms with Gasteiger partial charge in [0.1, 0.15) is 0 Å². The van der Waals surface area contributed by atoms with E-state index in [4.69, 9.17) is 4.43 Å². The van der Waals surface area contributed by atoms with Crippen LogP contribution in [0.4, 0.5) is 0 Å². The van der Waals surface area contributed by atoms with Crippen LogP contribution in [0.25, 0.3) is 0 Å². The molecule has 0 bridgehead atoms. The third kappa shape index (κ3) is 7.56. The van der Waals surface area contributed by atoms with E-state index < -0.39 is 8.32 Å². The first kappa shape index (κ1) is 20.7. The summed E-state index contributed by atoms with van der Waals surface area (Å²) < 4.78 is 5.93. The first-order valence-electron chi connectivity index (χ1n) is 4.74. The van der Waals surface area contributed by atoms with Crippen LogP contribution < -0.4 is 0 Å². The number of hydrogen-bond donors (Lipinski definition) is 0. The van der Waals surface area contributed by atoms with Gasteiger partial charge >= 0.3 is 0 Å². The summed E-state index contributed by atoms with van der Waals surface area (Å²) in [7, 11) is -1.47. The van der Waals surface area contributed by atoms with Crippen LogP contribution in [0, 0.1) is 6.92 Å². The van der Waals surface area contributed by atoms with Crippen molar-refractivity contribution in [1.82, 2.24) is 0 Å². The second-order valence-corrected chi connectivity index (χ2v) is 9.63. The number of rotatable bonds is 4. The third-order valence-corrected chi connectivity index (χ3v) is 7.20. The standard InChI is InChI=1S/C10H23OSi.BrH.Zn/c1-7-8-9-11-12(5,6)10(2,3)4;;/h1,7-9H2,2-6H3;1H;/q-1;;. The Labute approximate surface area is 114 Å². The molecule has 0 atom stereocenters. The second-order valence-electron chi connectivity index (χ2n) is 4.82. The Kier molecular flexibility index (Phi) is 12.4. The number of halogens is 1. The molecule has 0 amide bonds. The molecule has 0 aliphatic heterocycles. The van der Waals surface area contributed by atoms with Crippen LogP contribution >= 0.6 is 17.0 Å². The van der Waals surface area contributed by atoms with Crippen LogP contribution in [0.3, 0.4) is 0 Å². The minimum Gasteiger partial charge on any atom is -0.417 e. The van der Waals surface area contributed by atoms with Crippen molar-refractivity contribution in [3.63, 3.8) is 0 Å². The van der Waals surface area contributed by atoms with Gasteiger partial charge in [0.25, 0.3) is 0 Å².